The Morgan fingerprint density at radius 1 is 1.33 bits per heavy atom. The summed E-state index contributed by atoms with van der Waals surface area (Å²) in [5, 5.41) is 15.0. The number of hydrogen-bond acceptors (Lipinski definition) is 4. The number of nitriles is 1. The van der Waals surface area contributed by atoms with E-state index in [-0.39, 0.29) is 11.4 Å². The number of sulfonamides is 1. The zero-order chi connectivity index (χ0) is 13.0. The lowest BCUT2D eigenvalue weighted by atomic mass is 10.2. The molecule has 2 N–H and O–H groups in total. The van der Waals surface area contributed by atoms with E-state index in [0.717, 1.165) is 5.56 Å². The Labute approximate surface area is 104 Å². The van der Waals surface area contributed by atoms with Crippen LogP contribution >= 0.6 is 0 Å². The highest BCUT2D eigenvalue weighted by Gasteiger charge is 2.13. The molecule has 0 saturated carbocycles. The van der Waals surface area contributed by atoms with Crippen molar-refractivity contribution in [3.63, 3.8) is 0 Å². The smallest absolute Gasteiger partial charge is 0.240 e. The molecule has 0 aliphatic carbocycles. The lowest BCUT2D eigenvalue weighted by Crippen LogP contribution is -2.22. The van der Waals surface area contributed by atoms with Crippen LogP contribution < -0.4 is 4.72 Å². The molecule has 92 valence electrons. The molecule has 2 aromatic rings. The zero-order valence-corrected chi connectivity index (χ0v) is 10.1. The van der Waals surface area contributed by atoms with Gasteiger partial charge in [-0.25, -0.2) is 13.1 Å². The number of nitrogens with one attached hydrogen (secondary N) is 2. The van der Waals surface area contributed by atoms with Gasteiger partial charge in [0.05, 0.1) is 22.7 Å². The summed E-state index contributed by atoms with van der Waals surface area (Å²) in [5.41, 5.74) is 1.16. The van der Waals surface area contributed by atoms with Gasteiger partial charge >= 0.3 is 0 Å². The van der Waals surface area contributed by atoms with Crippen molar-refractivity contribution in [3.05, 3.63) is 47.8 Å². The lowest BCUT2D eigenvalue weighted by Gasteiger charge is -2.05. The number of H-pyrrole nitrogens is 1. The van der Waals surface area contributed by atoms with Crippen LogP contribution in [0.3, 0.4) is 0 Å². The third kappa shape index (κ3) is 2.74. The highest BCUT2D eigenvalue weighted by Crippen LogP contribution is 2.10. The third-order valence-electron chi connectivity index (χ3n) is 2.31. The molecule has 18 heavy (non-hydrogen) atoms. The third-order valence-corrected chi connectivity index (χ3v) is 3.73. The number of rotatable bonds is 4. The SMILES string of the molecule is N#Cc1ccc(S(=O)(=O)NCc2cn[nH]c2)cc1. The van der Waals surface area contributed by atoms with Gasteiger partial charge < -0.3 is 0 Å². The van der Waals surface area contributed by atoms with Gasteiger partial charge in [0, 0.05) is 18.3 Å². The highest BCUT2D eigenvalue weighted by atomic mass is 32.2. The number of nitrogens with zero attached hydrogens (tertiary/aromatic N) is 2. The Balaban J connectivity index is 2.13. The van der Waals surface area contributed by atoms with Crippen LogP contribution in [0.4, 0.5) is 0 Å². The predicted molar refractivity (Wildman–Crippen MR) is 63.8 cm³/mol. The fourth-order valence-electron chi connectivity index (χ4n) is 1.34. The first-order chi connectivity index (χ1) is 8.62. The molecular formula is C11H10N4O2S. The van der Waals surface area contributed by atoms with E-state index in [1.807, 2.05) is 6.07 Å². The minimum Gasteiger partial charge on any atom is -0.285 e. The highest BCUT2D eigenvalue weighted by molar-refractivity contribution is 7.89. The predicted octanol–water partition coefficient (Wildman–Crippen LogP) is 0.760. The number of aromatic nitrogens is 2. The summed E-state index contributed by atoms with van der Waals surface area (Å²) in [6, 6.07) is 7.66. The monoisotopic (exact) mass is 262 g/mol. The molecule has 0 radical (unpaired) electrons. The van der Waals surface area contributed by atoms with Crippen molar-refractivity contribution in [1.82, 2.24) is 14.9 Å². The van der Waals surface area contributed by atoms with Crippen molar-refractivity contribution in [2.75, 3.05) is 0 Å². The maximum absolute atomic E-state index is 11.9. The summed E-state index contributed by atoms with van der Waals surface area (Å²) >= 11 is 0. The van der Waals surface area contributed by atoms with E-state index >= 15 is 0 Å². The molecule has 1 aromatic heterocycles. The second-order valence-corrected chi connectivity index (χ2v) is 5.33. The van der Waals surface area contributed by atoms with Crippen LogP contribution in [-0.2, 0) is 16.6 Å². The minimum absolute atomic E-state index is 0.130. The number of benzene rings is 1. The van der Waals surface area contributed by atoms with Gasteiger partial charge in [0.25, 0.3) is 0 Å². The topological polar surface area (TPSA) is 98.6 Å². The largest absolute Gasteiger partial charge is 0.285 e. The molecule has 0 amide bonds. The quantitative estimate of drug-likeness (QED) is 0.849. The van der Waals surface area contributed by atoms with Gasteiger partial charge in [-0.3, -0.25) is 5.10 Å². The van der Waals surface area contributed by atoms with Gasteiger partial charge in [0.15, 0.2) is 0 Å². The Morgan fingerprint density at radius 2 is 2.06 bits per heavy atom. The normalized spacial score (nSPS) is 11.1. The van der Waals surface area contributed by atoms with Crippen LogP contribution in [0.25, 0.3) is 0 Å². The molecule has 0 aliphatic rings. The van der Waals surface area contributed by atoms with E-state index in [4.69, 9.17) is 5.26 Å². The first-order valence-electron chi connectivity index (χ1n) is 5.09. The summed E-state index contributed by atoms with van der Waals surface area (Å²) in [6.45, 7) is 0.166. The van der Waals surface area contributed by atoms with Crippen molar-refractivity contribution < 1.29 is 8.42 Å². The van der Waals surface area contributed by atoms with Crippen LogP contribution in [0.1, 0.15) is 11.1 Å². The Kier molecular flexibility index (Phi) is 3.41. The Bertz CT molecular complexity index is 654. The van der Waals surface area contributed by atoms with Gasteiger partial charge in [-0.2, -0.15) is 10.4 Å². The van der Waals surface area contributed by atoms with Crippen molar-refractivity contribution in [1.29, 1.82) is 5.26 Å². The lowest BCUT2D eigenvalue weighted by molar-refractivity contribution is 0.581. The summed E-state index contributed by atoms with van der Waals surface area (Å²) < 4.78 is 26.2. The Morgan fingerprint density at radius 3 is 2.61 bits per heavy atom. The average Bonchev–Trinajstić information content (AvgIpc) is 2.90. The molecule has 0 aliphatic heterocycles. The summed E-state index contributed by atoms with van der Waals surface area (Å²) in [4.78, 5) is 0.130. The fourth-order valence-corrected chi connectivity index (χ4v) is 2.36. The van der Waals surface area contributed by atoms with Gasteiger partial charge in [-0.15, -0.1) is 0 Å². The maximum Gasteiger partial charge on any atom is 0.240 e. The zero-order valence-electron chi connectivity index (χ0n) is 9.29. The van der Waals surface area contributed by atoms with E-state index in [9.17, 15) is 8.42 Å². The standard InChI is InChI=1S/C11H10N4O2S/c12-5-9-1-3-11(4-2-9)18(16,17)15-8-10-6-13-14-7-10/h1-4,6-7,15H,8H2,(H,13,14). The van der Waals surface area contributed by atoms with Crippen LogP contribution in [0.5, 0.6) is 0 Å². The van der Waals surface area contributed by atoms with Crippen LogP contribution in [0, 0.1) is 11.3 Å². The van der Waals surface area contributed by atoms with Crippen molar-refractivity contribution in [2.24, 2.45) is 0 Å². The molecule has 0 saturated heterocycles. The second-order valence-electron chi connectivity index (χ2n) is 3.57. The molecule has 0 bridgehead atoms. The molecule has 0 fully saturated rings. The van der Waals surface area contributed by atoms with Crippen molar-refractivity contribution in [3.8, 4) is 6.07 Å². The van der Waals surface area contributed by atoms with E-state index in [1.165, 1.54) is 24.3 Å². The number of aromatic amines is 1. The van der Waals surface area contributed by atoms with Gasteiger partial charge in [0.2, 0.25) is 10.0 Å². The average molecular weight is 262 g/mol. The second kappa shape index (κ2) is 5.00. The van der Waals surface area contributed by atoms with E-state index in [0.29, 0.717) is 5.56 Å². The Hall–Kier alpha value is -2.17. The molecule has 1 aromatic carbocycles. The van der Waals surface area contributed by atoms with Crippen LogP contribution in [0.15, 0.2) is 41.6 Å². The fraction of sp³-hybridized carbons (Fsp3) is 0.0909. The van der Waals surface area contributed by atoms with E-state index in [2.05, 4.69) is 14.9 Å². The summed E-state index contributed by atoms with van der Waals surface area (Å²) in [7, 11) is -3.56. The molecule has 0 atom stereocenters. The van der Waals surface area contributed by atoms with Gasteiger partial charge in [-0.05, 0) is 24.3 Å². The van der Waals surface area contributed by atoms with Gasteiger partial charge in [-0.1, -0.05) is 0 Å². The van der Waals surface area contributed by atoms with Crippen molar-refractivity contribution in [2.45, 2.75) is 11.4 Å². The molecule has 0 unspecified atom stereocenters. The first-order valence-corrected chi connectivity index (χ1v) is 6.57. The molecular weight excluding hydrogens is 252 g/mol. The summed E-state index contributed by atoms with van der Waals surface area (Å²) in [6.07, 6.45) is 3.16. The summed E-state index contributed by atoms with van der Waals surface area (Å²) in [5.74, 6) is 0. The first kappa shape index (κ1) is 12.3. The number of hydrogen-bond donors (Lipinski definition) is 2. The molecule has 1 heterocycles. The van der Waals surface area contributed by atoms with E-state index in [1.54, 1.807) is 12.4 Å². The van der Waals surface area contributed by atoms with Crippen LogP contribution in [0.2, 0.25) is 0 Å². The van der Waals surface area contributed by atoms with E-state index < -0.39 is 10.0 Å². The van der Waals surface area contributed by atoms with Crippen molar-refractivity contribution >= 4 is 10.0 Å². The van der Waals surface area contributed by atoms with Gasteiger partial charge in [0.1, 0.15) is 0 Å². The minimum atomic E-state index is -3.56. The molecule has 7 heteroatoms. The maximum atomic E-state index is 11.9. The van der Waals surface area contributed by atoms with Crippen LogP contribution in [-0.4, -0.2) is 18.6 Å². The molecule has 6 nitrogen and oxygen atoms in total. The molecule has 2 rings (SSSR count). The molecule has 0 spiro atoms.